The Balaban J connectivity index is 1.43. The van der Waals surface area contributed by atoms with Crippen molar-refractivity contribution in [2.24, 2.45) is 5.92 Å². The molecule has 3 fully saturated rings. The van der Waals surface area contributed by atoms with Gasteiger partial charge in [-0.3, -0.25) is 4.79 Å². The van der Waals surface area contributed by atoms with Crippen LogP contribution in [0, 0.1) is 5.92 Å². The highest BCUT2D eigenvalue weighted by molar-refractivity contribution is 8.00. The summed E-state index contributed by atoms with van der Waals surface area (Å²) >= 11 is 2.04. The lowest BCUT2D eigenvalue weighted by Gasteiger charge is -2.29. The molecular formula is C17H29NO2S. The van der Waals surface area contributed by atoms with E-state index < -0.39 is 0 Å². The second-order valence-corrected chi connectivity index (χ2v) is 8.51. The second kappa shape index (κ2) is 7.36. The Labute approximate surface area is 133 Å². The fraction of sp³-hybridized carbons (Fsp3) is 0.941. The first-order chi connectivity index (χ1) is 10.2. The van der Waals surface area contributed by atoms with Gasteiger partial charge in [0.15, 0.2) is 0 Å². The van der Waals surface area contributed by atoms with Gasteiger partial charge in [-0.25, -0.2) is 0 Å². The van der Waals surface area contributed by atoms with Crippen molar-refractivity contribution in [1.29, 1.82) is 0 Å². The minimum absolute atomic E-state index is 0.239. The molecular weight excluding hydrogens is 282 g/mol. The van der Waals surface area contributed by atoms with E-state index in [1.165, 1.54) is 44.3 Å². The van der Waals surface area contributed by atoms with Gasteiger partial charge in [0.05, 0.1) is 6.10 Å². The lowest BCUT2D eigenvalue weighted by atomic mass is 9.89. The number of amides is 1. The van der Waals surface area contributed by atoms with Crippen LogP contribution in [0.25, 0.3) is 0 Å². The largest absolute Gasteiger partial charge is 0.368 e. The van der Waals surface area contributed by atoms with Crippen LogP contribution in [0.3, 0.4) is 0 Å². The summed E-state index contributed by atoms with van der Waals surface area (Å²) in [4.78, 5) is 14.6. The van der Waals surface area contributed by atoms with E-state index in [1.54, 1.807) is 0 Å². The number of hydrogen-bond acceptors (Lipinski definition) is 3. The Morgan fingerprint density at radius 3 is 2.52 bits per heavy atom. The number of carbonyl (C=O) groups is 1. The van der Waals surface area contributed by atoms with Crippen molar-refractivity contribution in [3.05, 3.63) is 0 Å². The summed E-state index contributed by atoms with van der Waals surface area (Å²) in [6, 6.07) is 0.522. The molecule has 0 spiro atoms. The van der Waals surface area contributed by atoms with E-state index in [0.717, 1.165) is 25.3 Å². The molecule has 0 N–H and O–H groups in total. The molecule has 1 heterocycles. The Morgan fingerprint density at radius 1 is 1.14 bits per heavy atom. The third-order valence-corrected chi connectivity index (χ3v) is 6.52. The predicted octanol–water partition coefficient (Wildman–Crippen LogP) is 3.47. The SMILES string of the molecule is CC1CCC(OCC(=O)N(CC2CCCS2)C2CC2)CC1. The van der Waals surface area contributed by atoms with Crippen LogP contribution in [0.5, 0.6) is 0 Å². The van der Waals surface area contributed by atoms with Gasteiger partial charge in [0.2, 0.25) is 5.91 Å². The van der Waals surface area contributed by atoms with Crippen LogP contribution in [0.1, 0.15) is 58.3 Å². The zero-order valence-corrected chi connectivity index (χ0v) is 14.1. The van der Waals surface area contributed by atoms with E-state index in [9.17, 15) is 4.79 Å². The van der Waals surface area contributed by atoms with Crippen molar-refractivity contribution in [2.45, 2.75) is 75.7 Å². The van der Waals surface area contributed by atoms with Crippen molar-refractivity contribution in [2.75, 3.05) is 18.9 Å². The fourth-order valence-electron chi connectivity index (χ4n) is 3.52. The molecule has 120 valence electrons. The van der Waals surface area contributed by atoms with E-state index in [-0.39, 0.29) is 5.91 Å². The zero-order valence-electron chi connectivity index (χ0n) is 13.3. The number of hydrogen-bond donors (Lipinski definition) is 0. The molecule has 0 aromatic heterocycles. The van der Waals surface area contributed by atoms with Gasteiger partial charge in [-0.15, -0.1) is 0 Å². The third-order valence-electron chi connectivity index (χ3n) is 5.14. The molecule has 1 aliphatic heterocycles. The lowest BCUT2D eigenvalue weighted by Crippen LogP contribution is -2.40. The number of thioether (sulfide) groups is 1. The van der Waals surface area contributed by atoms with Crippen molar-refractivity contribution >= 4 is 17.7 Å². The smallest absolute Gasteiger partial charge is 0.248 e. The summed E-state index contributed by atoms with van der Waals surface area (Å²) in [5.41, 5.74) is 0. The molecule has 0 radical (unpaired) electrons. The van der Waals surface area contributed by atoms with E-state index >= 15 is 0 Å². The minimum atomic E-state index is 0.239. The first-order valence-electron chi connectivity index (χ1n) is 8.75. The number of ether oxygens (including phenoxy) is 1. The highest BCUT2D eigenvalue weighted by Gasteiger charge is 2.35. The first kappa shape index (κ1) is 15.7. The van der Waals surface area contributed by atoms with Crippen molar-refractivity contribution in [3.63, 3.8) is 0 Å². The molecule has 2 aliphatic carbocycles. The second-order valence-electron chi connectivity index (χ2n) is 7.11. The molecule has 1 unspecified atom stereocenters. The van der Waals surface area contributed by atoms with Gasteiger partial charge >= 0.3 is 0 Å². The maximum absolute atomic E-state index is 12.5. The normalized spacial score (nSPS) is 33.1. The van der Waals surface area contributed by atoms with E-state index in [1.807, 2.05) is 11.8 Å². The van der Waals surface area contributed by atoms with Crippen molar-refractivity contribution in [1.82, 2.24) is 4.90 Å². The van der Waals surface area contributed by atoms with Gasteiger partial charge in [-0.05, 0) is 63.0 Å². The molecule has 1 amide bonds. The number of carbonyl (C=O) groups excluding carboxylic acids is 1. The molecule has 2 saturated carbocycles. The van der Waals surface area contributed by atoms with Gasteiger partial charge in [-0.1, -0.05) is 6.92 Å². The van der Waals surface area contributed by atoms with Crippen LogP contribution < -0.4 is 0 Å². The van der Waals surface area contributed by atoms with Gasteiger partial charge in [0.1, 0.15) is 6.61 Å². The summed E-state index contributed by atoms with van der Waals surface area (Å²) in [5.74, 6) is 2.35. The van der Waals surface area contributed by atoms with Crippen LogP contribution in [-0.2, 0) is 9.53 Å². The fourth-order valence-corrected chi connectivity index (χ4v) is 4.78. The molecule has 3 aliphatic rings. The molecule has 1 atom stereocenters. The molecule has 0 aromatic rings. The van der Waals surface area contributed by atoms with Crippen LogP contribution in [0.15, 0.2) is 0 Å². The lowest BCUT2D eigenvalue weighted by molar-refractivity contribution is -0.139. The van der Waals surface area contributed by atoms with Gasteiger partial charge in [-0.2, -0.15) is 11.8 Å². The first-order valence-corrected chi connectivity index (χ1v) is 9.80. The Bertz CT molecular complexity index is 345. The zero-order chi connectivity index (χ0) is 14.7. The quantitative estimate of drug-likeness (QED) is 0.752. The van der Waals surface area contributed by atoms with E-state index in [2.05, 4.69) is 11.8 Å². The van der Waals surface area contributed by atoms with Crippen LogP contribution in [0.4, 0.5) is 0 Å². The summed E-state index contributed by atoms with van der Waals surface area (Å²) in [5, 5.41) is 0.671. The monoisotopic (exact) mass is 311 g/mol. The molecule has 21 heavy (non-hydrogen) atoms. The summed E-state index contributed by atoms with van der Waals surface area (Å²) in [7, 11) is 0. The average molecular weight is 311 g/mol. The minimum Gasteiger partial charge on any atom is -0.368 e. The summed E-state index contributed by atoms with van der Waals surface area (Å²) < 4.78 is 5.92. The topological polar surface area (TPSA) is 29.5 Å². The van der Waals surface area contributed by atoms with Crippen molar-refractivity contribution < 1.29 is 9.53 Å². The van der Waals surface area contributed by atoms with E-state index in [0.29, 0.717) is 24.0 Å². The van der Waals surface area contributed by atoms with Gasteiger partial charge in [0.25, 0.3) is 0 Å². The maximum atomic E-state index is 12.5. The molecule has 0 aromatic carbocycles. The Hall–Kier alpha value is -0.220. The maximum Gasteiger partial charge on any atom is 0.248 e. The number of nitrogens with zero attached hydrogens (tertiary/aromatic N) is 1. The van der Waals surface area contributed by atoms with Crippen LogP contribution >= 0.6 is 11.8 Å². The van der Waals surface area contributed by atoms with E-state index in [4.69, 9.17) is 4.74 Å². The standard InChI is InChI=1S/C17H29NO2S/c1-13-4-8-15(9-5-13)20-12-17(19)18(14-6-7-14)11-16-3-2-10-21-16/h13-16H,2-12H2,1H3. The Morgan fingerprint density at radius 2 is 1.90 bits per heavy atom. The van der Waals surface area contributed by atoms with Gasteiger partial charge < -0.3 is 9.64 Å². The van der Waals surface area contributed by atoms with Crippen molar-refractivity contribution in [3.8, 4) is 0 Å². The predicted molar refractivity (Wildman–Crippen MR) is 87.6 cm³/mol. The van der Waals surface area contributed by atoms with Gasteiger partial charge in [0, 0.05) is 17.8 Å². The van der Waals surface area contributed by atoms with Crippen LogP contribution in [-0.4, -0.2) is 47.1 Å². The third kappa shape index (κ3) is 4.62. The highest BCUT2D eigenvalue weighted by atomic mass is 32.2. The molecule has 1 saturated heterocycles. The number of rotatable bonds is 6. The molecule has 0 bridgehead atoms. The van der Waals surface area contributed by atoms with Crippen LogP contribution in [0.2, 0.25) is 0 Å². The molecule has 3 nitrogen and oxygen atoms in total. The highest BCUT2D eigenvalue weighted by Crippen LogP contribution is 2.32. The summed E-state index contributed by atoms with van der Waals surface area (Å²) in [6.07, 6.45) is 10.1. The molecule has 4 heteroatoms. The Kier molecular flexibility index (Phi) is 5.49. The molecule has 3 rings (SSSR count). The average Bonchev–Trinajstić information content (AvgIpc) is 3.20. The summed E-state index contributed by atoms with van der Waals surface area (Å²) in [6.45, 7) is 3.58.